The Bertz CT molecular complexity index is 615. The van der Waals surface area contributed by atoms with Gasteiger partial charge in [0.1, 0.15) is 0 Å². The summed E-state index contributed by atoms with van der Waals surface area (Å²) < 4.78 is 0. The van der Waals surface area contributed by atoms with Crippen LogP contribution in [0.25, 0.3) is 0 Å². The van der Waals surface area contributed by atoms with Gasteiger partial charge in [0.15, 0.2) is 0 Å². The predicted octanol–water partition coefficient (Wildman–Crippen LogP) is 3.62. The topological polar surface area (TPSA) is 32.3 Å². The monoisotopic (exact) mass is 268 g/mol. The third-order valence-corrected chi connectivity index (χ3v) is 3.28. The Hall–Kier alpha value is -2.29. The molecule has 2 rings (SSSR count). The third kappa shape index (κ3) is 3.18. The molecule has 0 saturated carbocycles. The fraction of sp³-hybridized carbons (Fsp3) is 0.235. The first-order valence-electron chi connectivity index (χ1n) is 6.63. The number of carbonyl (C=O) groups is 1. The van der Waals surface area contributed by atoms with Crippen LogP contribution in [-0.4, -0.2) is 20.0 Å². The van der Waals surface area contributed by atoms with E-state index in [4.69, 9.17) is 0 Å². The summed E-state index contributed by atoms with van der Waals surface area (Å²) in [4.78, 5) is 14.3. The van der Waals surface area contributed by atoms with Gasteiger partial charge in [0, 0.05) is 31.0 Å². The van der Waals surface area contributed by atoms with Crippen molar-refractivity contribution in [3.63, 3.8) is 0 Å². The smallest absolute Gasteiger partial charge is 0.255 e. The molecular weight excluding hydrogens is 248 g/mol. The van der Waals surface area contributed by atoms with Crippen molar-refractivity contribution in [2.75, 3.05) is 24.3 Å². The van der Waals surface area contributed by atoms with Gasteiger partial charge >= 0.3 is 0 Å². The molecule has 1 N–H and O–H groups in total. The molecule has 3 heteroatoms. The highest BCUT2D eigenvalue weighted by Crippen LogP contribution is 2.17. The van der Waals surface area contributed by atoms with Gasteiger partial charge in [0.05, 0.1) is 0 Å². The molecule has 3 nitrogen and oxygen atoms in total. The lowest BCUT2D eigenvalue weighted by Gasteiger charge is -2.13. The van der Waals surface area contributed by atoms with E-state index in [9.17, 15) is 4.79 Å². The van der Waals surface area contributed by atoms with Gasteiger partial charge in [0.2, 0.25) is 0 Å². The number of rotatable bonds is 3. The van der Waals surface area contributed by atoms with Crippen molar-refractivity contribution in [3.8, 4) is 0 Å². The highest BCUT2D eigenvalue weighted by Gasteiger charge is 2.09. The van der Waals surface area contributed by atoms with Crippen LogP contribution in [0.1, 0.15) is 21.5 Å². The van der Waals surface area contributed by atoms with Crippen LogP contribution in [0.2, 0.25) is 0 Å². The Morgan fingerprint density at radius 1 is 1.00 bits per heavy atom. The standard InChI is InChI=1S/C17H20N2O/c1-12-5-6-13(2)16(11-12)17(20)18-14-7-9-15(10-8-14)19(3)4/h5-11H,1-4H3,(H,18,20). The van der Waals surface area contributed by atoms with E-state index in [0.717, 1.165) is 28.1 Å². The van der Waals surface area contributed by atoms with Crippen molar-refractivity contribution in [2.24, 2.45) is 0 Å². The molecule has 0 fully saturated rings. The van der Waals surface area contributed by atoms with Gasteiger partial charge < -0.3 is 10.2 Å². The Balaban J connectivity index is 2.17. The summed E-state index contributed by atoms with van der Waals surface area (Å²) in [5, 5.41) is 2.93. The molecule has 0 aromatic heterocycles. The zero-order valence-electron chi connectivity index (χ0n) is 12.4. The van der Waals surface area contributed by atoms with E-state index in [-0.39, 0.29) is 5.91 Å². The second kappa shape index (κ2) is 5.78. The molecule has 2 aromatic carbocycles. The molecule has 0 spiro atoms. The maximum atomic E-state index is 12.3. The van der Waals surface area contributed by atoms with Gasteiger partial charge in [-0.2, -0.15) is 0 Å². The lowest BCUT2D eigenvalue weighted by atomic mass is 10.1. The van der Waals surface area contributed by atoms with E-state index < -0.39 is 0 Å². The van der Waals surface area contributed by atoms with Gasteiger partial charge in [-0.05, 0) is 49.7 Å². The second-order valence-electron chi connectivity index (χ2n) is 5.21. The first-order chi connectivity index (χ1) is 9.47. The summed E-state index contributed by atoms with van der Waals surface area (Å²) >= 11 is 0. The number of hydrogen-bond donors (Lipinski definition) is 1. The van der Waals surface area contributed by atoms with Crippen LogP contribution >= 0.6 is 0 Å². The van der Waals surface area contributed by atoms with E-state index in [2.05, 4.69) is 5.32 Å². The fourth-order valence-electron chi connectivity index (χ4n) is 2.02. The minimum atomic E-state index is -0.0659. The number of amides is 1. The summed E-state index contributed by atoms with van der Waals surface area (Å²) in [5.41, 5.74) is 4.71. The number of aryl methyl sites for hydroxylation is 2. The molecule has 0 bridgehead atoms. The molecule has 0 aliphatic rings. The van der Waals surface area contributed by atoms with Crippen molar-refractivity contribution in [1.82, 2.24) is 0 Å². The van der Waals surface area contributed by atoms with E-state index in [0.29, 0.717) is 0 Å². The number of hydrogen-bond acceptors (Lipinski definition) is 2. The first-order valence-corrected chi connectivity index (χ1v) is 6.63. The number of nitrogens with zero attached hydrogens (tertiary/aromatic N) is 1. The van der Waals surface area contributed by atoms with Gasteiger partial charge in [-0.15, -0.1) is 0 Å². The summed E-state index contributed by atoms with van der Waals surface area (Å²) in [6, 6.07) is 13.7. The molecule has 0 unspecified atom stereocenters. The highest BCUT2D eigenvalue weighted by atomic mass is 16.1. The zero-order chi connectivity index (χ0) is 14.7. The van der Waals surface area contributed by atoms with Crippen LogP contribution in [0.3, 0.4) is 0 Å². The maximum Gasteiger partial charge on any atom is 0.255 e. The molecule has 0 atom stereocenters. The highest BCUT2D eigenvalue weighted by molar-refractivity contribution is 6.05. The molecule has 0 saturated heterocycles. The van der Waals surface area contributed by atoms with E-state index in [1.807, 2.05) is 75.3 Å². The molecular formula is C17H20N2O. The largest absolute Gasteiger partial charge is 0.378 e. The van der Waals surface area contributed by atoms with Gasteiger partial charge in [0.25, 0.3) is 5.91 Å². The number of benzene rings is 2. The fourth-order valence-corrected chi connectivity index (χ4v) is 2.02. The van der Waals surface area contributed by atoms with Crippen LogP contribution in [-0.2, 0) is 0 Å². The van der Waals surface area contributed by atoms with Crippen LogP contribution in [0.5, 0.6) is 0 Å². The van der Waals surface area contributed by atoms with E-state index >= 15 is 0 Å². The number of carbonyl (C=O) groups excluding carboxylic acids is 1. The van der Waals surface area contributed by atoms with E-state index in [1.54, 1.807) is 0 Å². The number of anilines is 2. The number of nitrogens with one attached hydrogen (secondary N) is 1. The van der Waals surface area contributed by atoms with Crippen LogP contribution in [0.4, 0.5) is 11.4 Å². The molecule has 104 valence electrons. The summed E-state index contributed by atoms with van der Waals surface area (Å²) in [5.74, 6) is -0.0659. The minimum absolute atomic E-state index is 0.0659. The summed E-state index contributed by atoms with van der Waals surface area (Å²) in [6.07, 6.45) is 0. The lowest BCUT2D eigenvalue weighted by Crippen LogP contribution is -2.14. The average Bonchev–Trinajstić information content (AvgIpc) is 2.42. The van der Waals surface area contributed by atoms with Crippen molar-refractivity contribution in [2.45, 2.75) is 13.8 Å². The third-order valence-electron chi connectivity index (χ3n) is 3.28. The van der Waals surface area contributed by atoms with Crippen molar-refractivity contribution in [1.29, 1.82) is 0 Å². The van der Waals surface area contributed by atoms with Crippen LogP contribution in [0, 0.1) is 13.8 Å². The normalized spacial score (nSPS) is 10.2. The Morgan fingerprint density at radius 2 is 1.65 bits per heavy atom. The molecule has 0 aliphatic heterocycles. The zero-order valence-corrected chi connectivity index (χ0v) is 12.4. The van der Waals surface area contributed by atoms with Gasteiger partial charge in [-0.3, -0.25) is 4.79 Å². The molecule has 20 heavy (non-hydrogen) atoms. The molecule has 1 amide bonds. The first kappa shape index (κ1) is 14.1. The van der Waals surface area contributed by atoms with E-state index in [1.165, 1.54) is 0 Å². The SMILES string of the molecule is Cc1ccc(C)c(C(=O)Nc2ccc(N(C)C)cc2)c1. The molecule has 2 aromatic rings. The van der Waals surface area contributed by atoms with Crippen LogP contribution in [0.15, 0.2) is 42.5 Å². The Labute approximate surface area is 120 Å². The quantitative estimate of drug-likeness (QED) is 0.922. The Morgan fingerprint density at radius 3 is 2.25 bits per heavy atom. The average molecular weight is 268 g/mol. The summed E-state index contributed by atoms with van der Waals surface area (Å²) in [7, 11) is 3.98. The second-order valence-corrected chi connectivity index (χ2v) is 5.21. The van der Waals surface area contributed by atoms with Crippen LogP contribution < -0.4 is 10.2 Å². The molecule has 0 aliphatic carbocycles. The van der Waals surface area contributed by atoms with Crippen molar-refractivity contribution >= 4 is 17.3 Å². The van der Waals surface area contributed by atoms with Crippen molar-refractivity contribution < 1.29 is 4.79 Å². The maximum absolute atomic E-state index is 12.3. The van der Waals surface area contributed by atoms with Gasteiger partial charge in [-0.1, -0.05) is 17.7 Å². The Kier molecular flexibility index (Phi) is 4.08. The lowest BCUT2D eigenvalue weighted by molar-refractivity contribution is 0.102. The minimum Gasteiger partial charge on any atom is -0.378 e. The van der Waals surface area contributed by atoms with Crippen molar-refractivity contribution in [3.05, 3.63) is 59.2 Å². The summed E-state index contributed by atoms with van der Waals surface area (Å²) in [6.45, 7) is 3.94. The van der Waals surface area contributed by atoms with Gasteiger partial charge in [-0.25, -0.2) is 0 Å². The predicted molar refractivity (Wildman–Crippen MR) is 84.6 cm³/mol. The molecule has 0 heterocycles. The molecule has 0 radical (unpaired) electrons.